The number of fused-ring (bicyclic) bond motifs is 6. The van der Waals surface area contributed by atoms with Crippen LogP contribution in [-0.2, 0) is 0 Å². The minimum absolute atomic E-state index is 1.03. The highest BCUT2D eigenvalue weighted by atomic mass is 32.1. The second-order valence-electron chi connectivity index (χ2n) is 9.30. The van der Waals surface area contributed by atoms with Crippen molar-refractivity contribution in [3.05, 3.63) is 128 Å². The van der Waals surface area contributed by atoms with Crippen LogP contribution in [0.4, 0.5) is 0 Å². The third-order valence-corrected chi connectivity index (χ3v) is 8.25. The third-order valence-electron chi connectivity index (χ3n) is 7.22. The van der Waals surface area contributed by atoms with E-state index in [-0.39, 0.29) is 0 Å². The molecule has 0 aliphatic rings. The summed E-state index contributed by atoms with van der Waals surface area (Å²) in [6.07, 6.45) is 2.01. The topological polar surface area (TPSA) is 22.8 Å². The molecule has 0 aliphatic carbocycles. The SMILES string of the molecule is c1ccc(-c2ncc(-n3c4ccccc4c4cc5c(cc43)c3ccccc3n5-c3ccccc3)s2)cc1. The van der Waals surface area contributed by atoms with Crippen molar-refractivity contribution in [1.29, 1.82) is 0 Å². The lowest BCUT2D eigenvalue weighted by Gasteiger charge is -2.08. The molecule has 0 atom stereocenters. The average molecular weight is 492 g/mol. The predicted octanol–water partition coefficient (Wildman–Crippen LogP) is 9.00. The van der Waals surface area contributed by atoms with Crippen LogP contribution in [0.2, 0.25) is 0 Å². The molecule has 3 aromatic heterocycles. The van der Waals surface area contributed by atoms with Crippen LogP contribution in [0.5, 0.6) is 0 Å². The van der Waals surface area contributed by atoms with Crippen LogP contribution in [-0.4, -0.2) is 14.1 Å². The maximum absolute atomic E-state index is 4.81. The molecule has 174 valence electrons. The van der Waals surface area contributed by atoms with Crippen LogP contribution in [0.25, 0.3) is 64.9 Å². The van der Waals surface area contributed by atoms with Gasteiger partial charge in [-0.15, -0.1) is 0 Å². The summed E-state index contributed by atoms with van der Waals surface area (Å²) in [6.45, 7) is 0. The second kappa shape index (κ2) is 7.92. The lowest BCUT2D eigenvalue weighted by Crippen LogP contribution is -1.93. The van der Waals surface area contributed by atoms with E-state index in [9.17, 15) is 0 Å². The molecular formula is C33H21N3S. The summed E-state index contributed by atoms with van der Waals surface area (Å²) >= 11 is 1.73. The van der Waals surface area contributed by atoms with Gasteiger partial charge in [-0.3, -0.25) is 4.57 Å². The Morgan fingerprint density at radius 3 is 1.70 bits per heavy atom. The number of hydrogen-bond acceptors (Lipinski definition) is 2. The predicted molar refractivity (Wildman–Crippen MR) is 156 cm³/mol. The van der Waals surface area contributed by atoms with E-state index in [0.29, 0.717) is 0 Å². The molecule has 8 rings (SSSR count). The van der Waals surface area contributed by atoms with E-state index in [2.05, 4.69) is 124 Å². The first-order chi connectivity index (χ1) is 18.4. The van der Waals surface area contributed by atoms with Crippen molar-refractivity contribution in [1.82, 2.24) is 14.1 Å². The summed E-state index contributed by atoms with van der Waals surface area (Å²) in [4.78, 5) is 4.81. The molecule has 0 N–H and O–H groups in total. The molecule has 37 heavy (non-hydrogen) atoms. The summed E-state index contributed by atoms with van der Waals surface area (Å²) in [5.74, 6) is 0. The molecule has 0 saturated heterocycles. The Labute approximate surface area is 217 Å². The van der Waals surface area contributed by atoms with Crippen molar-refractivity contribution in [3.8, 4) is 21.3 Å². The van der Waals surface area contributed by atoms with Gasteiger partial charge in [0.05, 0.1) is 28.3 Å². The van der Waals surface area contributed by atoms with E-state index in [1.165, 1.54) is 49.3 Å². The van der Waals surface area contributed by atoms with Crippen LogP contribution >= 0.6 is 11.3 Å². The van der Waals surface area contributed by atoms with Gasteiger partial charge in [0, 0.05) is 32.8 Å². The molecular weight excluding hydrogens is 470 g/mol. The monoisotopic (exact) mass is 491 g/mol. The molecule has 0 bridgehead atoms. The van der Waals surface area contributed by atoms with E-state index in [4.69, 9.17) is 4.98 Å². The number of thiazole rings is 1. The summed E-state index contributed by atoms with van der Waals surface area (Å²) in [5, 5.41) is 7.16. The standard InChI is InChI=1S/C33H21N3S/c1-3-11-22(12-4-1)33-34-21-32(37-33)36-29-18-10-8-16-25(29)27-19-30-26(20-31(27)36)24-15-7-9-17-28(24)35(30)23-13-5-2-6-14-23/h1-21H. The van der Waals surface area contributed by atoms with Gasteiger partial charge < -0.3 is 4.57 Å². The Kier molecular flexibility index (Phi) is 4.39. The van der Waals surface area contributed by atoms with Gasteiger partial charge in [-0.2, -0.15) is 0 Å². The molecule has 0 radical (unpaired) electrons. The second-order valence-corrected chi connectivity index (χ2v) is 10.3. The van der Waals surface area contributed by atoms with Gasteiger partial charge in [-0.05, 0) is 36.4 Å². The lowest BCUT2D eigenvalue weighted by atomic mass is 10.1. The maximum atomic E-state index is 4.81. The van der Waals surface area contributed by atoms with E-state index >= 15 is 0 Å². The highest BCUT2D eigenvalue weighted by Crippen LogP contribution is 2.40. The van der Waals surface area contributed by atoms with Crippen molar-refractivity contribution in [2.45, 2.75) is 0 Å². The zero-order valence-electron chi connectivity index (χ0n) is 19.9. The zero-order valence-corrected chi connectivity index (χ0v) is 20.7. The van der Waals surface area contributed by atoms with Crippen molar-refractivity contribution >= 4 is 54.9 Å². The number of aromatic nitrogens is 3. The summed E-state index contributed by atoms with van der Waals surface area (Å²) in [7, 11) is 0. The Morgan fingerprint density at radius 1 is 0.486 bits per heavy atom. The highest BCUT2D eigenvalue weighted by Gasteiger charge is 2.19. The van der Waals surface area contributed by atoms with E-state index in [0.717, 1.165) is 15.6 Å². The smallest absolute Gasteiger partial charge is 0.125 e. The number of rotatable bonds is 3. The van der Waals surface area contributed by atoms with Gasteiger partial charge >= 0.3 is 0 Å². The molecule has 0 aliphatic heterocycles. The number of para-hydroxylation sites is 3. The van der Waals surface area contributed by atoms with E-state index in [1.54, 1.807) is 11.3 Å². The molecule has 0 unspecified atom stereocenters. The summed E-state index contributed by atoms with van der Waals surface area (Å²) < 4.78 is 4.76. The summed E-state index contributed by atoms with van der Waals surface area (Å²) in [6, 6.07) is 43.2. The highest BCUT2D eigenvalue weighted by molar-refractivity contribution is 7.17. The molecule has 5 aromatic carbocycles. The number of benzene rings is 5. The van der Waals surface area contributed by atoms with Gasteiger partial charge in [0.15, 0.2) is 0 Å². The minimum Gasteiger partial charge on any atom is -0.309 e. The fourth-order valence-corrected chi connectivity index (χ4v) is 6.56. The largest absolute Gasteiger partial charge is 0.309 e. The fourth-order valence-electron chi connectivity index (χ4n) is 5.61. The molecule has 0 amide bonds. The fraction of sp³-hybridized carbons (Fsp3) is 0. The van der Waals surface area contributed by atoms with Crippen LogP contribution in [0.3, 0.4) is 0 Å². The molecule has 4 heteroatoms. The van der Waals surface area contributed by atoms with Gasteiger partial charge in [0.2, 0.25) is 0 Å². The van der Waals surface area contributed by atoms with Crippen molar-refractivity contribution in [2.75, 3.05) is 0 Å². The quantitative estimate of drug-likeness (QED) is 0.242. The zero-order chi connectivity index (χ0) is 24.3. The van der Waals surface area contributed by atoms with Crippen molar-refractivity contribution in [3.63, 3.8) is 0 Å². The average Bonchev–Trinajstić information content (AvgIpc) is 3.65. The first-order valence-corrected chi connectivity index (χ1v) is 13.2. The van der Waals surface area contributed by atoms with Crippen LogP contribution < -0.4 is 0 Å². The normalized spacial score (nSPS) is 11.8. The first kappa shape index (κ1) is 20.5. The molecule has 0 saturated carbocycles. The Morgan fingerprint density at radius 2 is 1.03 bits per heavy atom. The minimum atomic E-state index is 1.03. The van der Waals surface area contributed by atoms with Gasteiger partial charge in [-0.25, -0.2) is 4.98 Å². The van der Waals surface area contributed by atoms with E-state index in [1.807, 2.05) is 12.3 Å². The Balaban J connectivity index is 1.48. The third kappa shape index (κ3) is 3.03. The molecule has 0 spiro atoms. The van der Waals surface area contributed by atoms with Crippen LogP contribution in [0, 0.1) is 0 Å². The van der Waals surface area contributed by atoms with E-state index < -0.39 is 0 Å². The van der Waals surface area contributed by atoms with Crippen molar-refractivity contribution in [2.24, 2.45) is 0 Å². The van der Waals surface area contributed by atoms with Gasteiger partial charge in [-0.1, -0.05) is 96.3 Å². The van der Waals surface area contributed by atoms with Crippen molar-refractivity contribution < 1.29 is 0 Å². The lowest BCUT2D eigenvalue weighted by molar-refractivity contribution is 1.18. The molecule has 3 heterocycles. The summed E-state index contributed by atoms with van der Waals surface area (Å²) in [5.41, 5.74) is 7.16. The van der Waals surface area contributed by atoms with Gasteiger partial charge in [0.25, 0.3) is 0 Å². The Bertz CT molecular complexity index is 2080. The van der Waals surface area contributed by atoms with Gasteiger partial charge in [0.1, 0.15) is 10.0 Å². The number of nitrogens with zero attached hydrogens (tertiary/aromatic N) is 3. The molecule has 3 nitrogen and oxygen atoms in total. The Hall–Kier alpha value is -4.67. The van der Waals surface area contributed by atoms with Crippen LogP contribution in [0.1, 0.15) is 0 Å². The molecule has 8 aromatic rings. The number of hydrogen-bond donors (Lipinski definition) is 0. The van der Waals surface area contributed by atoms with Crippen LogP contribution in [0.15, 0.2) is 128 Å². The maximum Gasteiger partial charge on any atom is 0.125 e. The first-order valence-electron chi connectivity index (χ1n) is 12.4. The molecule has 0 fully saturated rings.